The highest BCUT2D eigenvalue weighted by atomic mass is 16.5. The summed E-state index contributed by atoms with van der Waals surface area (Å²) < 4.78 is 10.0. The first kappa shape index (κ1) is 17.7. The molecule has 2 amide bonds. The summed E-state index contributed by atoms with van der Waals surface area (Å²) >= 11 is 0. The van der Waals surface area contributed by atoms with E-state index in [1.165, 1.54) is 7.11 Å². The number of carbonyl (C=O) groups is 2. The molecule has 0 aliphatic rings. The number of hydrogen-bond donors (Lipinski definition) is 3. The van der Waals surface area contributed by atoms with Crippen molar-refractivity contribution in [2.24, 2.45) is 0 Å². The molecule has 112 valence electrons. The maximum Gasteiger partial charge on any atom is 0.326 e. The first-order valence-electron chi connectivity index (χ1n) is 6.45. The molecule has 19 heavy (non-hydrogen) atoms. The first-order chi connectivity index (χ1) is 9.11. The first-order valence-corrected chi connectivity index (χ1v) is 6.45. The molecule has 0 rings (SSSR count). The second kappa shape index (κ2) is 11.7. The van der Waals surface area contributed by atoms with E-state index in [-0.39, 0.29) is 13.0 Å². The Labute approximate surface area is 113 Å². The van der Waals surface area contributed by atoms with Crippen LogP contribution in [0.2, 0.25) is 0 Å². The van der Waals surface area contributed by atoms with Crippen molar-refractivity contribution in [3.63, 3.8) is 0 Å². The standard InChI is InChI=1S/C12H24N2O5/c1-3-4-7-19-9-6-13-12(17)14-10(11(15)16)5-8-18-2/h10H,3-9H2,1-2H3,(H,15,16)(H2,13,14,17). The van der Waals surface area contributed by atoms with E-state index in [4.69, 9.17) is 14.6 Å². The van der Waals surface area contributed by atoms with Gasteiger partial charge in [-0.25, -0.2) is 9.59 Å². The van der Waals surface area contributed by atoms with Gasteiger partial charge in [0.2, 0.25) is 0 Å². The molecule has 1 atom stereocenters. The minimum absolute atomic E-state index is 0.228. The fraction of sp³-hybridized carbons (Fsp3) is 0.833. The van der Waals surface area contributed by atoms with Crippen molar-refractivity contribution in [1.82, 2.24) is 10.6 Å². The minimum atomic E-state index is -1.08. The fourth-order valence-corrected chi connectivity index (χ4v) is 1.29. The van der Waals surface area contributed by atoms with Crippen LogP contribution in [0.25, 0.3) is 0 Å². The Morgan fingerprint density at radius 3 is 2.58 bits per heavy atom. The predicted octanol–water partition coefficient (Wildman–Crippen LogP) is 0.592. The van der Waals surface area contributed by atoms with Gasteiger partial charge in [-0.15, -0.1) is 0 Å². The molecule has 0 radical (unpaired) electrons. The van der Waals surface area contributed by atoms with Crippen molar-refractivity contribution in [3.8, 4) is 0 Å². The molecule has 0 aliphatic heterocycles. The predicted molar refractivity (Wildman–Crippen MR) is 70.2 cm³/mol. The monoisotopic (exact) mass is 276 g/mol. The third-order valence-electron chi connectivity index (χ3n) is 2.39. The van der Waals surface area contributed by atoms with Gasteiger partial charge in [0.05, 0.1) is 6.61 Å². The van der Waals surface area contributed by atoms with E-state index >= 15 is 0 Å². The van der Waals surface area contributed by atoms with Crippen LogP contribution < -0.4 is 10.6 Å². The van der Waals surface area contributed by atoms with Gasteiger partial charge in [0.15, 0.2) is 0 Å². The Balaban J connectivity index is 3.71. The number of ether oxygens (including phenoxy) is 2. The van der Waals surface area contributed by atoms with Crippen LogP contribution in [-0.2, 0) is 14.3 Å². The molecule has 0 heterocycles. The molecule has 0 bridgehead atoms. The molecule has 0 aliphatic carbocycles. The topological polar surface area (TPSA) is 96.9 Å². The maximum atomic E-state index is 11.4. The molecule has 0 saturated heterocycles. The normalized spacial score (nSPS) is 11.9. The van der Waals surface area contributed by atoms with Gasteiger partial charge in [-0.1, -0.05) is 13.3 Å². The van der Waals surface area contributed by atoms with E-state index < -0.39 is 18.0 Å². The lowest BCUT2D eigenvalue weighted by Gasteiger charge is -2.14. The number of unbranched alkanes of at least 4 members (excludes halogenated alkanes) is 1. The zero-order valence-electron chi connectivity index (χ0n) is 11.6. The number of amides is 2. The SMILES string of the molecule is CCCCOCCNC(=O)NC(CCOC)C(=O)O. The van der Waals surface area contributed by atoms with Gasteiger partial charge >= 0.3 is 12.0 Å². The van der Waals surface area contributed by atoms with Gasteiger partial charge in [0, 0.05) is 33.3 Å². The van der Waals surface area contributed by atoms with Crippen LogP contribution in [0.3, 0.4) is 0 Å². The van der Waals surface area contributed by atoms with Crippen LogP contribution in [0.15, 0.2) is 0 Å². The van der Waals surface area contributed by atoms with Crippen LogP contribution in [0.4, 0.5) is 4.79 Å². The number of rotatable bonds is 11. The van der Waals surface area contributed by atoms with Crippen molar-refractivity contribution in [2.45, 2.75) is 32.2 Å². The lowest BCUT2D eigenvalue weighted by atomic mass is 10.2. The Morgan fingerprint density at radius 1 is 1.26 bits per heavy atom. The smallest absolute Gasteiger partial charge is 0.326 e. The highest BCUT2D eigenvalue weighted by molar-refractivity contribution is 5.82. The van der Waals surface area contributed by atoms with Crippen LogP contribution >= 0.6 is 0 Å². The highest BCUT2D eigenvalue weighted by Gasteiger charge is 2.18. The highest BCUT2D eigenvalue weighted by Crippen LogP contribution is 1.93. The number of urea groups is 1. The van der Waals surface area contributed by atoms with Gasteiger partial charge in [-0.2, -0.15) is 0 Å². The average molecular weight is 276 g/mol. The van der Waals surface area contributed by atoms with E-state index in [0.717, 1.165) is 12.8 Å². The zero-order valence-corrected chi connectivity index (χ0v) is 11.6. The van der Waals surface area contributed by atoms with Crippen LogP contribution in [0.1, 0.15) is 26.2 Å². The van der Waals surface area contributed by atoms with Gasteiger partial charge in [-0.3, -0.25) is 0 Å². The molecule has 7 nitrogen and oxygen atoms in total. The third kappa shape index (κ3) is 10.3. The Kier molecular flexibility index (Phi) is 10.9. The summed E-state index contributed by atoms with van der Waals surface area (Å²) in [6, 6.07) is -1.46. The van der Waals surface area contributed by atoms with Crippen molar-refractivity contribution in [1.29, 1.82) is 0 Å². The van der Waals surface area contributed by atoms with E-state index in [2.05, 4.69) is 17.6 Å². The van der Waals surface area contributed by atoms with Gasteiger partial charge < -0.3 is 25.2 Å². The van der Waals surface area contributed by atoms with E-state index in [1.807, 2.05) is 0 Å². The summed E-state index contributed by atoms with van der Waals surface area (Å²) in [5.41, 5.74) is 0. The van der Waals surface area contributed by atoms with Crippen LogP contribution in [0, 0.1) is 0 Å². The maximum absolute atomic E-state index is 11.4. The minimum Gasteiger partial charge on any atom is -0.480 e. The number of hydrogen-bond acceptors (Lipinski definition) is 4. The molecule has 0 fully saturated rings. The lowest BCUT2D eigenvalue weighted by molar-refractivity contribution is -0.139. The number of carboxylic acids is 1. The van der Waals surface area contributed by atoms with Crippen LogP contribution in [-0.4, -0.2) is 56.6 Å². The quantitative estimate of drug-likeness (QED) is 0.480. The van der Waals surface area contributed by atoms with Crippen molar-refractivity contribution in [3.05, 3.63) is 0 Å². The van der Waals surface area contributed by atoms with Crippen molar-refractivity contribution < 1.29 is 24.2 Å². The molecule has 0 spiro atoms. The Hall–Kier alpha value is -1.34. The lowest BCUT2D eigenvalue weighted by Crippen LogP contribution is -2.47. The molecule has 1 unspecified atom stereocenters. The summed E-state index contributed by atoms with van der Waals surface area (Å²) in [5, 5.41) is 13.8. The van der Waals surface area contributed by atoms with Crippen LogP contribution in [0.5, 0.6) is 0 Å². The summed E-state index contributed by atoms with van der Waals surface area (Å²) in [6.07, 6.45) is 2.28. The number of aliphatic carboxylic acids is 1. The summed E-state index contributed by atoms with van der Waals surface area (Å²) in [5.74, 6) is -1.08. The Bertz CT molecular complexity index is 261. The van der Waals surface area contributed by atoms with E-state index in [1.54, 1.807) is 0 Å². The second-order valence-electron chi connectivity index (χ2n) is 4.04. The summed E-state index contributed by atoms with van der Waals surface area (Å²) in [6.45, 7) is 3.79. The molecule has 0 aromatic heterocycles. The van der Waals surface area contributed by atoms with E-state index in [0.29, 0.717) is 19.8 Å². The molecular weight excluding hydrogens is 252 g/mol. The van der Waals surface area contributed by atoms with Gasteiger partial charge in [0.25, 0.3) is 0 Å². The average Bonchev–Trinajstić information content (AvgIpc) is 2.38. The second-order valence-corrected chi connectivity index (χ2v) is 4.04. The largest absolute Gasteiger partial charge is 0.480 e. The zero-order chi connectivity index (χ0) is 14.5. The Morgan fingerprint density at radius 2 is 2.00 bits per heavy atom. The molecule has 0 aromatic carbocycles. The number of nitrogens with one attached hydrogen (secondary N) is 2. The molecule has 7 heteroatoms. The van der Waals surface area contributed by atoms with Crippen molar-refractivity contribution >= 4 is 12.0 Å². The number of methoxy groups -OCH3 is 1. The van der Waals surface area contributed by atoms with Gasteiger partial charge in [-0.05, 0) is 6.42 Å². The summed E-state index contributed by atoms with van der Waals surface area (Å²) in [7, 11) is 1.48. The molecule has 3 N–H and O–H groups in total. The third-order valence-corrected chi connectivity index (χ3v) is 2.39. The summed E-state index contributed by atoms with van der Waals surface area (Å²) in [4.78, 5) is 22.3. The number of carboxylic acid groups (broad SMARTS) is 1. The molecular formula is C12H24N2O5. The molecule has 0 aromatic rings. The van der Waals surface area contributed by atoms with Crippen molar-refractivity contribution in [2.75, 3.05) is 33.5 Å². The molecule has 0 saturated carbocycles. The number of carbonyl (C=O) groups excluding carboxylic acids is 1. The fourth-order valence-electron chi connectivity index (χ4n) is 1.29. The van der Waals surface area contributed by atoms with E-state index in [9.17, 15) is 9.59 Å². The van der Waals surface area contributed by atoms with Gasteiger partial charge in [0.1, 0.15) is 6.04 Å².